The van der Waals surface area contributed by atoms with Gasteiger partial charge in [0.15, 0.2) is 15.7 Å². The maximum absolute atomic E-state index is 14.1. The Labute approximate surface area is 146 Å². The molecule has 1 aromatic heterocycles. The van der Waals surface area contributed by atoms with Gasteiger partial charge in [-0.1, -0.05) is 29.1 Å². The number of hydrogen-bond donors (Lipinski definition) is 0. The quantitative estimate of drug-likeness (QED) is 0.746. The fourth-order valence-corrected chi connectivity index (χ4v) is 3.16. The largest absolute Gasteiger partial charge is 0.479 e. The molecule has 2 aromatic rings. The zero-order valence-corrected chi connectivity index (χ0v) is 14.4. The number of nitrogens with zero attached hydrogens (tertiary/aromatic N) is 2. The molecule has 126 valence electrons. The molecule has 2 rings (SSSR count). The predicted molar refractivity (Wildman–Crippen MR) is 87.2 cm³/mol. The van der Waals surface area contributed by atoms with E-state index in [1.165, 1.54) is 0 Å². The van der Waals surface area contributed by atoms with Crippen LogP contribution in [0.1, 0.15) is 0 Å². The minimum absolute atomic E-state index is 0.0306. The van der Waals surface area contributed by atoms with E-state index in [1.54, 1.807) is 0 Å². The molecule has 0 spiro atoms. The van der Waals surface area contributed by atoms with E-state index in [4.69, 9.17) is 34.4 Å². The van der Waals surface area contributed by atoms with Crippen molar-refractivity contribution in [2.75, 3.05) is 12.9 Å². The highest BCUT2D eigenvalue weighted by molar-refractivity contribution is 7.90. The fraction of sp³-hybridized carbons (Fsp3) is 0.143. The number of benzene rings is 1. The first-order chi connectivity index (χ1) is 11.2. The van der Waals surface area contributed by atoms with Crippen molar-refractivity contribution in [2.24, 2.45) is 0 Å². The first-order valence-corrected chi connectivity index (χ1v) is 8.85. The SMILES string of the molecule is C#CCOc1cc(-n2ncc(S(C)(=O)=O)c(Cl)c2=O)c(F)cc1Cl. The van der Waals surface area contributed by atoms with Crippen molar-refractivity contribution in [2.45, 2.75) is 4.90 Å². The number of terminal acetylenes is 1. The summed E-state index contributed by atoms with van der Waals surface area (Å²) in [4.78, 5) is 11.8. The summed E-state index contributed by atoms with van der Waals surface area (Å²) >= 11 is 11.6. The lowest BCUT2D eigenvalue weighted by Crippen LogP contribution is -2.24. The smallest absolute Gasteiger partial charge is 0.291 e. The molecule has 0 amide bonds. The van der Waals surface area contributed by atoms with Crippen LogP contribution in [0.25, 0.3) is 5.69 Å². The molecule has 0 saturated carbocycles. The molecule has 0 saturated heterocycles. The molecule has 0 radical (unpaired) electrons. The lowest BCUT2D eigenvalue weighted by atomic mass is 10.3. The second-order valence-electron chi connectivity index (χ2n) is 4.54. The van der Waals surface area contributed by atoms with Gasteiger partial charge in [0.2, 0.25) is 0 Å². The van der Waals surface area contributed by atoms with Gasteiger partial charge in [-0.3, -0.25) is 4.79 Å². The van der Waals surface area contributed by atoms with Gasteiger partial charge in [0.25, 0.3) is 5.56 Å². The predicted octanol–water partition coefficient (Wildman–Crippen LogP) is 2.09. The molecular weight excluding hydrogens is 382 g/mol. The molecule has 0 bridgehead atoms. The molecule has 0 unspecified atom stereocenters. The van der Waals surface area contributed by atoms with Crippen LogP contribution >= 0.6 is 23.2 Å². The molecular formula is C14H9Cl2FN2O4S. The Morgan fingerprint density at radius 1 is 1.42 bits per heavy atom. The highest BCUT2D eigenvalue weighted by atomic mass is 35.5. The van der Waals surface area contributed by atoms with Crippen LogP contribution in [-0.4, -0.2) is 31.1 Å². The third-order valence-corrected chi connectivity index (χ3v) is 4.71. The summed E-state index contributed by atoms with van der Waals surface area (Å²) < 4.78 is 43.0. The highest BCUT2D eigenvalue weighted by Gasteiger charge is 2.20. The van der Waals surface area contributed by atoms with Crippen molar-refractivity contribution in [3.63, 3.8) is 0 Å². The number of halogens is 3. The minimum Gasteiger partial charge on any atom is -0.479 e. The first-order valence-electron chi connectivity index (χ1n) is 6.20. The normalized spacial score (nSPS) is 11.1. The molecule has 6 nitrogen and oxygen atoms in total. The zero-order valence-electron chi connectivity index (χ0n) is 12.1. The Bertz CT molecular complexity index is 1010. The monoisotopic (exact) mass is 390 g/mol. The van der Waals surface area contributed by atoms with E-state index >= 15 is 0 Å². The van der Waals surface area contributed by atoms with E-state index in [-0.39, 0.29) is 23.1 Å². The number of rotatable bonds is 4. The van der Waals surface area contributed by atoms with Crippen molar-refractivity contribution in [3.8, 4) is 23.8 Å². The van der Waals surface area contributed by atoms with E-state index in [2.05, 4.69) is 11.0 Å². The summed E-state index contributed by atoms with van der Waals surface area (Å²) in [6.07, 6.45) is 6.80. The van der Waals surface area contributed by atoms with Crippen LogP contribution in [0, 0.1) is 18.2 Å². The van der Waals surface area contributed by atoms with Crippen molar-refractivity contribution >= 4 is 33.0 Å². The van der Waals surface area contributed by atoms with Gasteiger partial charge in [0, 0.05) is 12.3 Å². The maximum atomic E-state index is 14.1. The van der Waals surface area contributed by atoms with Gasteiger partial charge >= 0.3 is 0 Å². The van der Waals surface area contributed by atoms with Crippen LogP contribution < -0.4 is 10.3 Å². The number of sulfone groups is 1. The Kier molecular flexibility index (Phi) is 5.18. The average molecular weight is 391 g/mol. The second kappa shape index (κ2) is 6.81. The van der Waals surface area contributed by atoms with E-state index in [1.807, 2.05) is 0 Å². The number of ether oxygens (including phenoxy) is 1. The molecule has 1 aromatic carbocycles. The average Bonchev–Trinajstić information content (AvgIpc) is 2.48. The van der Waals surface area contributed by atoms with E-state index < -0.39 is 31.1 Å². The lowest BCUT2D eigenvalue weighted by Gasteiger charge is -2.11. The maximum Gasteiger partial charge on any atom is 0.291 e. The minimum atomic E-state index is -3.76. The van der Waals surface area contributed by atoms with Gasteiger partial charge < -0.3 is 4.74 Å². The molecule has 1 heterocycles. The van der Waals surface area contributed by atoms with Crippen LogP contribution in [0.4, 0.5) is 4.39 Å². The summed E-state index contributed by atoms with van der Waals surface area (Å²) in [7, 11) is -3.76. The van der Waals surface area contributed by atoms with Gasteiger partial charge in [0.1, 0.15) is 28.0 Å². The van der Waals surface area contributed by atoms with Gasteiger partial charge in [0.05, 0.1) is 11.2 Å². The molecule has 0 fully saturated rings. The summed E-state index contributed by atoms with van der Waals surface area (Å²) in [5, 5.41) is 2.99. The number of aromatic nitrogens is 2. The van der Waals surface area contributed by atoms with Gasteiger partial charge in [-0.25, -0.2) is 12.8 Å². The molecule has 0 atom stereocenters. The van der Waals surface area contributed by atoms with Crippen LogP contribution in [0.2, 0.25) is 10.0 Å². The molecule has 0 aliphatic carbocycles. The van der Waals surface area contributed by atoms with Crippen LogP contribution in [0.3, 0.4) is 0 Å². The Morgan fingerprint density at radius 2 is 2.08 bits per heavy atom. The van der Waals surface area contributed by atoms with Crippen molar-refractivity contribution in [1.29, 1.82) is 0 Å². The summed E-state index contributed by atoms with van der Waals surface area (Å²) in [6.45, 7) is -0.124. The van der Waals surface area contributed by atoms with Crippen LogP contribution in [0.15, 0.2) is 28.0 Å². The van der Waals surface area contributed by atoms with Crippen molar-refractivity contribution < 1.29 is 17.5 Å². The Hall–Kier alpha value is -2.08. The third-order valence-electron chi connectivity index (χ3n) is 2.83. The second-order valence-corrected chi connectivity index (χ2v) is 7.31. The van der Waals surface area contributed by atoms with Gasteiger partial charge in [-0.05, 0) is 6.07 Å². The standard InChI is InChI=1S/C14H9Cl2FN2O4S/c1-3-4-23-11-6-10(9(17)5-8(11)15)19-14(20)13(16)12(7-18-19)24(2,21)22/h1,5-7H,4H2,2H3. The number of hydrogen-bond acceptors (Lipinski definition) is 5. The topological polar surface area (TPSA) is 78.3 Å². The highest BCUT2D eigenvalue weighted by Crippen LogP contribution is 2.29. The van der Waals surface area contributed by atoms with E-state index in [9.17, 15) is 17.6 Å². The van der Waals surface area contributed by atoms with E-state index in [0.29, 0.717) is 4.68 Å². The third kappa shape index (κ3) is 3.53. The summed E-state index contributed by atoms with van der Waals surface area (Å²) in [6, 6.07) is 2.02. The lowest BCUT2D eigenvalue weighted by molar-refractivity contribution is 0.369. The zero-order chi connectivity index (χ0) is 18.1. The summed E-state index contributed by atoms with van der Waals surface area (Å²) in [5.41, 5.74) is -1.33. The van der Waals surface area contributed by atoms with Crippen molar-refractivity contribution in [1.82, 2.24) is 9.78 Å². The van der Waals surface area contributed by atoms with Gasteiger partial charge in [-0.2, -0.15) is 9.78 Å². The molecule has 0 aliphatic heterocycles. The van der Waals surface area contributed by atoms with E-state index in [0.717, 1.165) is 24.6 Å². The molecule has 10 heteroatoms. The van der Waals surface area contributed by atoms with Gasteiger partial charge in [-0.15, -0.1) is 6.42 Å². The summed E-state index contributed by atoms with van der Waals surface area (Å²) in [5.74, 6) is 1.36. The molecule has 0 aliphatic rings. The van der Waals surface area contributed by atoms with Crippen LogP contribution in [-0.2, 0) is 9.84 Å². The Morgan fingerprint density at radius 3 is 2.67 bits per heavy atom. The molecule has 24 heavy (non-hydrogen) atoms. The van der Waals surface area contributed by atoms with Crippen molar-refractivity contribution in [3.05, 3.63) is 44.5 Å². The first kappa shape index (κ1) is 18.3. The molecule has 0 N–H and O–H groups in total. The fourth-order valence-electron chi connectivity index (χ4n) is 1.76. The Balaban J connectivity index is 2.67. The van der Waals surface area contributed by atoms with Crippen LogP contribution in [0.5, 0.6) is 5.75 Å².